The Labute approximate surface area is 152 Å². The minimum Gasteiger partial charge on any atom is -0.496 e. The summed E-state index contributed by atoms with van der Waals surface area (Å²) in [6.07, 6.45) is 3.39. The van der Waals surface area contributed by atoms with Crippen molar-refractivity contribution in [2.75, 3.05) is 7.11 Å². The zero-order chi connectivity index (χ0) is 18.5. The molecule has 6 heteroatoms. The van der Waals surface area contributed by atoms with Crippen molar-refractivity contribution in [3.05, 3.63) is 77.2 Å². The number of pyridine rings is 1. The molecule has 0 aliphatic rings. The van der Waals surface area contributed by atoms with Crippen LogP contribution >= 0.6 is 0 Å². The average Bonchev–Trinajstić information content (AvgIpc) is 2.95. The maximum atomic E-state index is 12.3. The Morgan fingerprint density at radius 1 is 1.19 bits per heavy atom. The molecule has 1 N–H and O–H groups in total. The molecule has 0 fully saturated rings. The second kappa shape index (κ2) is 7.65. The van der Waals surface area contributed by atoms with E-state index in [1.165, 1.54) is 7.11 Å². The van der Waals surface area contributed by atoms with E-state index >= 15 is 0 Å². The van der Waals surface area contributed by atoms with Crippen molar-refractivity contribution in [1.82, 2.24) is 15.0 Å². The molecular formula is C20H20N4O2. The van der Waals surface area contributed by atoms with E-state index in [0.29, 0.717) is 11.3 Å². The molecule has 0 aliphatic heterocycles. The van der Waals surface area contributed by atoms with Crippen molar-refractivity contribution < 1.29 is 9.53 Å². The van der Waals surface area contributed by atoms with E-state index in [2.05, 4.69) is 15.5 Å². The molecule has 1 aromatic carbocycles. The normalized spacial score (nSPS) is 10.9. The highest BCUT2D eigenvalue weighted by atomic mass is 16.5. The number of carbonyl (C=O) groups is 1. The number of nitrogens with one attached hydrogen (secondary N) is 1. The van der Waals surface area contributed by atoms with Crippen LogP contribution in [0.4, 0.5) is 0 Å². The van der Waals surface area contributed by atoms with Gasteiger partial charge in [-0.3, -0.25) is 4.79 Å². The number of aryl methyl sites for hydroxylation is 1. The Kier molecular flexibility index (Phi) is 5.12. The van der Waals surface area contributed by atoms with Crippen LogP contribution in [0.5, 0.6) is 5.75 Å². The van der Waals surface area contributed by atoms with Gasteiger partial charge in [0.05, 0.1) is 18.9 Å². The van der Waals surface area contributed by atoms with Gasteiger partial charge < -0.3 is 9.30 Å². The van der Waals surface area contributed by atoms with Crippen molar-refractivity contribution in [2.45, 2.75) is 13.8 Å². The molecule has 0 atom stereocenters. The lowest BCUT2D eigenvalue weighted by Crippen LogP contribution is -2.18. The summed E-state index contributed by atoms with van der Waals surface area (Å²) in [4.78, 5) is 16.7. The summed E-state index contributed by atoms with van der Waals surface area (Å²) in [5.74, 6) is 1.03. The quantitative estimate of drug-likeness (QED) is 0.568. The van der Waals surface area contributed by atoms with E-state index in [9.17, 15) is 4.79 Å². The number of ether oxygens (including phenoxy) is 1. The Morgan fingerprint density at radius 3 is 2.69 bits per heavy atom. The van der Waals surface area contributed by atoms with Gasteiger partial charge in [0.15, 0.2) is 0 Å². The number of hydrazone groups is 1. The lowest BCUT2D eigenvalue weighted by Gasteiger charge is -2.07. The van der Waals surface area contributed by atoms with Crippen molar-refractivity contribution in [1.29, 1.82) is 0 Å². The molecular weight excluding hydrogens is 328 g/mol. The molecule has 2 heterocycles. The topological polar surface area (TPSA) is 68.5 Å². The molecule has 0 saturated heterocycles. The zero-order valence-corrected chi connectivity index (χ0v) is 14.9. The number of carbonyl (C=O) groups excluding carboxylic acids is 1. The molecule has 0 saturated carbocycles. The van der Waals surface area contributed by atoms with E-state index in [1.54, 1.807) is 30.6 Å². The standard InChI is InChI=1S/C20H20N4O2/c1-14-12-16(15(2)24(14)19-10-6-7-11-21-19)13-22-23-20(25)17-8-4-5-9-18(17)26-3/h4-13H,1-3H3,(H,23,25). The highest BCUT2D eigenvalue weighted by Crippen LogP contribution is 2.18. The monoisotopic (exact) mass is 348 g/mol. The van der Waals surface area contributed by atoms with Crippen molar-refractivity contribution in [2.24, 2.45) is 5.10 Å². The van der Waals surface area contributed by atoms with Crippen LogP contribution in [-0.4, -0.2) is 28.8 Å². The largest absolute Gasteiger partial charge is 0.496 e. The van der Waals surface area contributed by atoms with E-state index < -0.39 is 0 Å². The summed E-state index contributed by atoms with van der Waals surface area (Å²) < 4.78 is 7.24. The van der Waals surface area contributed by atoms with Crippen LogP contribution in [0.25, 0.3) is 5.82 Å². The molecule has 0 aliphatic carbocycles. The van der Waals surface area contributed by atoms with Crippen LogP contribution < -0.4 is 10.2 Å². The van der Waals surface area contributed by atoms with Gasteiger partial charge in [0.1, 0.15) is 11.6 Å². The minimum absolute atomic E-state index is 0.322. The molecule has 3 rings (SSSR count). The summed E-state index contributed by atoms with van der Waals surface area (Å²) in [5, 5.41) is 4.09. The third-order valence-corrected chi connectivity index (χ3v) is 4.07. The van der Waals surface area contributed by atoms with Crippen LogP contribution in [0.1, 0.15) is 27.3 Å². The number of nitrogens with zero attached hydrogens (tertiary/aromatic N) is 3. The number of aromatic nitrogens is 2. The zero-order valence-electron chi connectivity index (χ0n) is 14.9. The summed E-state index contributed by atoms with van der Waals surface area (Å²) in [6.45, 7) is 4.00. The molecule has 26 heavy (non-hydrogen) atoms. The van der Waals surface area contributed by atoms with E-state index in [1.807, 2.05) is 48.7 Å². The number of amides is 1. The van der Waals surface area contributed by atoms with Crippen molar-refractivity contribution >= 4 is 12.1 Å². The molecule has 1 amide bonds. The number of methoxy groups -OCH3 is 1. The van der Waals surface area contributed by atoms with Gasteiger partial charge in [0, 0.05) is 23.1 Å². The van der Waals surface area contributed by atoms with Crippen molar-refractivity contribution in [3.8, 4) is 11.6 Å². The average molecular weight is 348 g/mol. The maximum Gasteiger partial charge on any atom is 0.275 e. The van der Waals surface area contributed by atoms with Gasteiger partial charge in [-0.1, -0.05) is 18.2 Å². The molecule has 0 radical (unpaired) electrons. The van der Waals surface area contributed by atoms with Crippen molar-refractivity contribution in [3.63, 3.8) is 0 Å². The first-order chi connectivity index (χ1) is 12.6. The molecule has 2 aromatic heterocycles. The summed E-state index contributed by atoms with van der Waals surface area (Å²) in [5.41, 5.74) is 5.93. The lowest BCUT2D eigenvalue weighted by atomic mass is 10.2. The maximum absolute atomic E-state index is 12.3. The minimum atomic E-state index is -0.322. The smallest absolute Gasteiger partial charge is 0.275 e. The fourth-order valence-electron chi connectivity index (χ4n) is 2.81. The number of hydrogen-bond donors (Lipinski definition) is 1. The first-order valence-corrected chi connectivity index (χ1v) is 8.18. The molecule has 6 nitrogen and oxygen atoms in total. The SMILES string of the molecule is COc1ccccc1C(=O)NN=Cc1cc(C)n(-c2ccccn2)c1C. The van der Waals surface area contributed by atoms with Crippen LogP contribution in [-0.2, 0) is 0 Å². The van der Waals surface area contributed by atoms with Gasteiger partial charge in [-0.25, -0.2) is 10.4 Å². The van der Waals surface area contributed by atoms with Gasteiger partial charge in [-0.2, -0.15) is 5.10 Å². The molecule has 3 aromatic rings. The molecule has 132 valence electrons. The molecule has 0 spiro atoms. The number of rotatable bonds is 5. The third kappa shape index (κ3) is 3.49. The predicted molar refractivity (Wildman–Crippen MR) is 101 cm³/mol. The first-order valence-electron chi connectivity index (χ1n) is 8.18. The van der Waals surface area contributed by atoms with Crippen LogP contribution in [0.3, 0.4) is 0 Å². The Bertz CT molecular complexity index is 946. The number of para-hydroxylation sites is 1. The summed E-state index contributed by atoms with van der Waals surface area (Å²) >= 11 is 0. The van der Waals surface area contributed by atoms with Crippen LogP contribution in [0.15, 0.2) is 59.8 Å². The Morgan fingerprint density at radius 2 is 1.96 bits per heavy atom. The lowest BCUT2D eigenvalue weighted by molar-refractivity contribution is 0.0952. The van der Waals surface area contributed by atoms with E-state index in [4.69, 9.17) is 4.74 Å². The van der Waals surface area contributed by atoms with Gasteiger partial charge in [-0.15, -0.1) is 0 Å². The van der Waals surface area contributed by atoms with Gasteiger partial charge in [0.25, 0.3) is 5.91 Å². The fraction of sp³-hybridized carbons (Fsp3) is 0.150. The highest BCUT2D eigenvalue weighted by molar-refractivity contribution is 5.97. The predicted octanol–water partition coefficient (Wildman–Crippen LogP) is 3.26. The van der Waals surface area contributed by atoms with Gasteiger partial charge in [0.2, 0.25) is 0 Å². The van der Waals surface area contributed by atoms with Crippen LogP contribution in [0.2, 0.25) is 0 Å². The first kappa shape index (κ1) is 17.4. The van der Waals surface area contributed by atoms with Gasteiger partial charge >= 0.3 is 0 Å². The second-order valence-corrected chi connectivity index (χ2v) is 5.75. The Balaban J connectivity index is 1.78. The van der Waals surface area contributed by atoms with E-state index in [0.717, 1.165) is 22.8 Å². The van der Waals surface area contributed by atoms with Crippen LogP contribution in [0, 0.1) is 13.8 Å². The molecule has 0 bridgehead atoms. The fourth-order valence-corrected chi connectivity index (χ4v) is 2.81. The Hall–Kier alpha value is -3.41. The third-order valence-electron chi connectivity index (χ3n) is 4.07. The van der Waals surface area contributed by atoms with Gasteiger partial charge in [-0.05, 0) is 44.2 Å². The number of benzene rings is 1. The second-order valence-electron chi connectivity index (χ2n) is 5.75. The molecule has 0 unspecified atom stereocenters. The summed E-state index contributed by atoms with van der Waals surface area (Å²) in [6, 6.07) is 14.8. The summed E-state index contributed by atoms with van der Waals surface area (Å²) in [7, 11) is 1.53. The number of hydrogen-bond acceptors (Lipinski definition) is 4. The van der Waals surface area contributed by atoms with E-state index in [-0.39, 0.29) is 5.91 Å². The highest BCUT2D eigenvalue weighted by Gasteiger charge is 2.12.